The lowest BCUT2D eigenvalue weighted by molar-refractivity contribution is -0.117. The van der Waals surface area contributed by atoms with Gasteiger partial charge in [0.1, 0.15) is 0 Å². The van der Waals surface area contributed by atoms with Crippen molar-refractivity contribution < 1.29 is 9.59 Å². The maximum Gasteiger partial charge on any atom is 0.315 e. The number of nitrogens with zero attached hydrogens (tertiary/aromatic N) is 2. The van der Waals surface area contributed by atoms with Crippen LogP contribution in [0.4, 0.5) is 10.5 Å². The van der Waals surface area contributed by atoms with Gasteiger partial charge in [-0.2, -0.15) is 5.10 Å². The van der Waals surface area contributed by atoms with E-state index in [0.717, 1.165) is 41.8 Å². The molecule has 1 aliphatic carbocycles. The van der Waals surface area contributed by atoms with Gasteiger partial charge in [0.15, 0.2) is 0 Å². The van der Waals surface area contributed by atoms with E-state index in [9.17, 15) is 9.59 Å². The molecule has 3 aromatic rings. The first-order valence-corrected chi connectivity index (χ1v) is 10.2. The molecule has 0 radical (unpaired) electrons. The van der Waals surface area contributed by atoms with Gasteiger partial charge in [0.2, 0.25) is 5.91 Å². The zero-order chi connectivity index (χ0) is 20.8. The predicted molar refractivity (Wildman–Crippen MR) is 115 cm³/mol. The Morgan fingerprint density at radius 1 is 0.967 bits per heavy atom. The molecule has 1 fully saturated rings. The van der Waals surface area contributed by atoms with E-state index in [2.05, 4.69) is 21.0 Å². The molecule has 0 aliphatic heterocycles. The Kier molecular flexibility index (Phi) is 6.08. The van der Waals surface area contributed by atoms with Gasteiger partial charge in [0.05, 0.1) is 5.69 Å². The van der Waals surface area contributed by atoms with Crippen molar-refractivity contribution >= 4 is 17.6 Å². The van der Waals surface area contributed by atoms with Gasteiger partial charge in [-0.15, -0.1) is 0 Å². The summed E-state index contributed by atoms with van der Waals surface area (Å²) in [5.74, 6) is 0.278. The highest BCUT2D eigenvalue weighted by Gasteiger charge is 2.29. The predicted octanol–water partition coefficient (Wildman–Crippen LogP) is 3.26. The summed E-state index contributed by atoms with van der Waals surface area (Å²) < 4.78 is 1.81. The van der Waals surface area contributed by atoms with Crippen LogP contribution in [0.2, 0.25) is 0 Å². The number of aromatic nitrogens is 2. The Morgan fingerprint density at radius 2 is 1.70 bits per heavy atom. The monoisotopic (exact) mass is 403 g/mol. The number of hydrogen-bond donors (Lipinski definition) is 3. The third-order valence-electron chi connectivity index (χ3n) is 5.03. The van der Waals surface area contributed by atoms with Crippen LogP contribution in [-0.2, 0) is 17.8 Å². The van der Waals surface area contributed by atoms with Crippen LogP contribution in [0.25, 0.3) is 5.69 Å². The number of carbonyl (C=O) groups excluding carboxylic acids is 2. The minimum atomic E-state index is -0.200. The molecule has 30 heavy (non-hydrogen) atoms. The fourth-order valence-corrected chi connectivity index (χ4v) is 3.10. The van der Waals surface area contributed by atoms with Crippen molar-refractivity contribution in [3.63, 3.8) is 0 Å². The molecule has 2 aromatic carbocycles. The molecule has 7 nitrogen and oxygen atoms in total. The van der Waals surface area contributed by atoms with Gasteiger partial charge in [-0.1, -0.05) is 24.3 Å². The molecule has 1 heterocycles. The van der Waals surface area contributed by atoms with Crippen molar-refractivity contribution in [2.75, 3.05) is 11.9 Å². The van der Waals surface area contributed by atoms with Crippen molar-refractivity contribution in [2.45, 2.75) is 25.8 Å². The highest BCUT2D eigenvalue weighted by Crippen LogP contribution is 2.30. The number of urea groups is 1. The second-order valence-corrected chi connectivity index (χ2v) is 7.44. The smallest absolute Gasteiger partial charge is 0.315 e. The summed E-state index contributed by atoms with van der Waals surface area (Å²) in [4.78, 5) is 23.8. The van der Waals surface area contributed by atoms with E-state index in [-0.39, 0.29) is 17.9 Å². The molecule has 0 atom stereocenters. The molecule has 0 bridgehead atoms. The van der Waals surface area contributed by atoms with Gasteiger partial charge in [0.25, 0.3) is 0 Å². The maximum absolute atomic E-state index is 12.0. The first-order valence-electron chi connectivity index (χ1n) is 10.2. The fraction of sp³-hybridized carbons (Fsp3) is 0.261. The molecule has 154 valence electrons. The summed E-state index contributed by atoms with van der Waals surface area (Å²) in [6.45, 7) is 0.986. The summed E-state index contributed by atoms with van der Waals surface area (Å²) in [7, 11) is 0. The molecule has 1 aromatic heterocycles. The van der Waals surface area contributed by atoms with E-state index in [4.69, 9.17) is 0 Å². The molecule has 7 heteroatoms. The minimum Gasteiger partial charge on any atom is -0.338 e. The van der Waals surface area contributed by atoms with Crippen molar-refractivity contribution in [1.29, 1.82) is 0 Å². The van der Waals surface area contributed by atoms with E-state index < -0.39 is 0 Å². The molecular weight excluding hydrogens is 378 g/mol. The van der Waals surface area contributed by atoms with Gasteiger partial charge in [0, 0.05) is 37.1 Å². The molecule has 3 amide bonds. The lowest BCUT2D eigenvalue weighted by atomic mass is 10.1. The first-order chi connectivity index (χ1) is 14.7. The van der Waals surface area contributed by atoms with Crippen LogP contribution in [0, 0.1) is 5.92 Å². The summed E-state index contributed by atoms with van der Waals surface area (Å²) in [6, 6.07) is 17.3. The van der Waals surface area contributed by atoms with Gasteiger partial charge in [-0.05, 0) is 60.7 Å². The number of carbonyl (C=O) groups is 2. The highest BCUT2D eigenvalue weighted by molar-refractivity contribution is 5.94. The largest absolute Gasteiger partial charge is 0.338 e. The van der Waals surface area contributed by atoms with Crippen molar-refractivity contribution in [1.82, 2.24) is 20.4 Å². The quantitative estimate of drug-likeness (QED) is 0.539. The van der Waals surface area contributed by atoms with Crippen LogP contribution < -0.4 is 16.0 Å². The van der Waals surface area contributed by atoms with Crippen LogP contribution in [0.5, 0.6) is 0 Å². The number of anilines is 1. The zero-order valence-electron chi connectivity index (χ0n) is 16.7. The van der Waals surface area contributed by atoms with Crippen molar-refractivity contribution in [2.24, 2.45) is 5.92 Å². The first kappa shape index (κ1) is 19.7. The van der Waals surface area contributed by atoms with E-state index in [1.54, 1.807) is 6.20 Å². The number of hydrogen-bond acceptors (Lipinski definition) is 3. The number of benzene rings is 2. The molecule has 0 unspecified atom stereocenters. The molecule has 1 aliphatic rings. The standard InChI is InChI=1S/C23H25N5O2/c29-22(19-6-7-19)27-20-8-2-18(3-9-20)16-25-23(30)24-14-12-17-4-10-21(11-5-17)28-15-1-13-26-28/h1-5,8-11,13,15,19H,6-7,12,14,16H2,(H,27,29)(H2,24,25,30). The summed E-state index contributed by atoms with van der Waals surface area (Å²) in [5.41, 5.74) is 3.92. The third kappa shape index (κ3) is 5.47. The third-order valence-corrected chi connectivity index (χ3v) is 5.03. The van der Waals surface area contributed by atoms with Crippen LogP contribution in [0.1, 0.15) is 24.0 Å². The van der Waals surface area contributed by atoms with Gasteiger partial charge in [-0.3, -0.25) is 4.79 Å². The van der Waals surface area contributed by atoms with Crippen molar-refractivity contribution in [3.05, 3.63) is 78.1 Å². The van der Waals surface area contributed by atoms with E-state index in [1.807, 2.05) is 65.5 Å². The van der Waals surface area contributed by atoms with Gasteiger partial charge >= 0.3 is 6.03 Å². The molecule has 4 rings (SSSR count). The molecular formula is C23H25N5O2. The lowest BCUT2D eigenvalue weighted by Gasteiger charge is -2.09. The van der Waals surface area contributed by atoms with E-state index >= 15 is 0 Å². The minimum absolute atomic E-state index is 0.0938. The van der Waals surface area contributed by atoms with Crippen LogP contribution >= 0.6 is 0 Å². The highest BCUT2D eigenvalue weighted by atomic mass is 16.2. The summed E-state index contributed by atoms with van der Waals surface area (Å²) >= 11 is 0. The van der Waals surface area contributed by atoms with E-state index in [1.165, 1.54) is 0 Å². The van der Waals surface area contributed by atoms with Gasteiger partial charge < -0.3 is 16.0 Å². The molecule has 3 N–H and O–H groups in total. The Bertz CT molecular complexity index is 977. The van der Waals surface area contributed by atoms with Crippen molar-refractivity contribution in [3.8, 4) is 5.69 Å². The van der Waals surface area contributed by atoms with Crippen LogP contribution in [0.15, 0.2) is 67.0 Å². The second-order valence-electron chi connectivity index (χ2n) is 7.44. The lowest BCUT2D eigenvalue weighted by Crippen LogP contribution is -2.36. The average Bonchev–Trinajstić information content (AvgIpc) is 3.48. The molecule has 0 spiro atoms. The maximum atomic E-state index is 12.0. The Morgan fingerprint density at radius 3 is 2.37 bits per heavy atom. The molecule has 0 saturated heterocycles. The summed E-state index contributed by atoms with van der Waals surface area (Å²) in [6.07, 6.45) is 6.37. The summed E-state index contributed by atoms with van der Waals surface area (Å²) in [5, 5.41) is 12.8. The zero-order valence-corrected chi connectivity index (χ0v) is 16.7. The van der Waals surface area contributed by atoms with Crippen LogP contribution in [0.3, 0.4) is 0 Å². The average molecular weight is 403 g/mol. The fourth-order valence-electron chi connectivity index (χ4n) is 3.10. The molecule has 1 saturated carbocycles. The Hall–Kier alpha value is -3.61. The normalized spacial score (nSPS) is 12.9. The number of amides is 3. The number of nitrogens with one attached hydrogen (secondary N) is 3. The van der Waals surface area contributed by atoms with Crippen LogP contribution in [-0.4, -0.2) is 28.3 Å². The second kappa shape index (κ2) is 9.26. The number of rotatable bonds is 8. The SMILES string of the molecule is O=C(NCCc1ccc(-n2cccn2)cc1)NCc1ccc(NC(=O)C2CC2)cc1. The van der Waals surface area contributed by atoms with E-state index in [0.29, 0.717) is 13.1 Å². The Balaban J connectivity index is 1.15. The van der Waals surface area contributed by atoms with Gasteiger partial charge in [-0.25, -0.2) is 9.48 Å². The Labute approximate surface area is 175 Å². The topological polar surface area (TPSA) is 88.1 Å².